The van der Waals surface area contributed by atoms with Crippen LogP contribution in [0.1, 0.15) is 47.4 Å². The minimum Gasteiger partial charge on any atom is -0.478 e. The number of aromatic carboxylic acids is 1. The van der Waals surface area contributed by atoms with E-state index in [9.17, 15) is 18.3 Å². The normalized spacial score (nSPS) is 13.4. The lowest BCUT2D eigenvalue weighted by Crippen LogP contribution is -2.27. The van der Waals surface area contributed by atoms with Crippen LogP contribution in [-0.4, -0.2) is 19.5 Å². The number of nitrogens with one attached hydrogen (secondary N) is 2. The summed E-state index contributed by atoms with van der Waals surface area (Å²) >= 11 is 0. The first-order valence-corrected chi connectivity index (χ1v) is 11.0. The Hall–Kier alpha value is -3.16. The zero-order chi connectivity index (χ0) is 21.7. The second-order valence-corrected chi connectivity index (χ2v) is 8.76. The van der Waals surface area contributed by atoms with Gasteiger partial charge >= 0.3 is 5.97 Å². The van der Waals surface area contributed by atoms with Gasteiger partial charge < -0.3 is 10.4 Å². The fraction of sp³-hybridized carbons (Fsp3) is 0.174. The number of hydrogen-bond donors (Lipinski definition) is 3. The Bertz CT molecular complexity index is 1120. The van der Waals surface area contributed by atoms with E-state index in [1.54, 1.807) is 6.92 Å². The molecule has 0 aromatic heterocycles. The molecule has 3 aromatic carbocycles. The van der Waals surface area contributed by atoms with Crippen LogP contribution in [-0.2, 0) is 10.0 Å². The van der Waals surface area contributed by atoms with E-state index in [1.807, 2.05) is 67.6 Å². The molecule has 0 saturated carbocycles. The molecule has 3 rings (SSSR count). The largest absolute Gasteiger partial charge is 0.478 e. The van der Waals surface area contributed by atoms with Crippen molar-refractivity contribution in [1.82, 2.24) is 4.72 Å². The van der Waals surface area contributed by atoms with Crippen molar-refractivity contribution in [3.8, 4) is 0 Å². The Kier molecular flexibility index (Phi) is 6.54. The molecule has 0 radical (unpaired) electrons. The van der Waals surface area contributed by atoms with Crippen LogP contribution in [0.5, 0.6) is 0 Å². The van der Waals surface area contributed by atoms with Gasteiger partial charge in [0.1, 0.15) is 0 Å². The van der Waals surface area contributed by atoms with Crippen LogP contribution in [0.15, 0.2) is 83.8 Å². The van der Waals surface area contributed by atoms with E-state index in [-0.39, 0.29) is 16.5 Å². The molecule has 0 unspecified atom stereocenters. The highest BCUT2D eigenvalue weighted by Gasteiger charge is 2.22. The maximum atomic E-state index is 12.8. The van der Waals surface area contributed by atoms with E-state index in [0.717, 1.165) is 11.1 Å². The molecule has 0 amide bonds. The summed E-state index contributed by atoms with van der Waals surface area (Å²) < 4.78 is 28.2. The van der Waals surface area contributed by atoms with Crippen molar-refractivity contribution in [3.63, 3.8) is 0 Å². The minimum absolute atomic E-state index is 0.0967. The van der Waals surface area contributed by atoms with Gasteiger partial charge in [-0.1, -0.05) is 60.7 Å². The Morgan fingerprint density at radius 2 is 1.37 bits per heavy atom. The molecule has 0 spiro atoms. The highest BCUT2D eigenvalue weighted by atomic mass is 32.2. The van der Waals surface area contributed by atoms with Crippen LogP contribution in [0.25, 0.3) is 0 Å². The lowest BCUT2D eigenvalue weighted by Gasteiger charge is -2.19. The van der Waals surface area contributed by atoms with E-state index >= 15 is 0 Å². The number of carboxylic acids is 1. The summed E-state index contributed by atoms with van der Waals surface area (Å²) in [5.74, 6) is -1.20. The van der Waals surface area contributed by atoms with Crippen LogP contribution < -0.4 is 10.0 Å². The maximum absolute atomic E-state index is 12.8. The fourth-order valence-corrected chi connectivity index (χ4v) is 4.42. The number of benzene rings is 3. The van der Waals surface area contributed by atoms with Gasteiger partial charge in [0.2, 0.25) is 10.0 Å². The van der Waals surface area contributed by atoms with Crippen LogP contribution in [0.2, 0.25) is 0 Å². The van der Waals surface area contributed by atoms with Gasteiger partial charge in [0.05, 0.1) is 10.5 Å². The molecule has 0 fully saturated rings. The molecule has 0 heterocycles. The Morgan fingerprint density at radius 3 is 1.90 bits per heavy atom. The molecular weight excluding hydrogens is 400 g/mol. The summed E-state index contributed by atoms with van der Waals surface area (Å²) in [5, 5.41) is 12.8. The minimum atomic E-state index is -3.90. The highest BCUT2D eigenvalue weighted by molar-refractivity contribution is 7.89. The highest BCUT2D eigenvalue weighted by Crippen LogP contribution is 2.26. The molecule has 0 aliphatic heterocycles. The SMILES string of the molecule is C[C@H](Nc1ccc(S(=O)(=O)N[C@@H](C)c2ccccc2)cc1C(=O)O)c1ccccc1. The number of carbonyl (C=O) groups is 1. The summed E-state index contributed by atoms with van der Waals surface area (Å²) in [4.78, 5) is 11.7. The van der Waals surface area contributed by atoms with Crippen molar-refractivity contribution in [3.05, 3.63) is 95.6 Å². The summed E-state index contributed by atoms with van der Waals surface area (Å²) in [6, 6.07) is 22.2. The lowest BCUT2D eigenvalue weighted by atomic mass is 10.1. The molecule has 0 aliphatic rings. The van der Waals surface area contributed by atoms with Crippen LogP contribution in [0.4, 0.5) is 5.69 Å². The number of anilines is 1. The molecule has 6 nitrogen and oxygen atoms in total. The summed E-state index contributed by atoms with van der Waals surface area (Å²) in [6.07, 6.45) is 0. The molecule has 156 valence electrons. The van der Waals surface area contributed by atoms with Crippen molar-refractivity contribution < 1.29 is 18.3 Å². The molecule has 0 saturated heterocycles. The van der Waals surface area contributed by atoms with Crippen LogP contribution in [0.3, 0.4) is 0 Å². The molecule has 0 aliphatic carbocycles. The van der Waals surface area contributed by atoms with Gasteiger partial charge in [0, 0.05) is 17.8 Å². The van der Waals surface area contributed by atoms with Crippen LogP contribution in [0, 0.1) is 0 Å². The summed E-state index contributed by atoms with van der Waals surface area (Å²) in [7, 11) is -3.90. The van der Waals surface area contributed by atoms with Gasteiger partial charge in [-0.3, -0.25) is 0 Å². The van der Waals surface area contributed by atoms with Gasteiger partial charge in [-0.05, 0) is 43.2 Å². The first kappa shape index (κ1) is 21.5. The first-order valence-electron chi connectivity index (χ1n) is 9.54. The smallest absolute Gasteiger partial charge is 0.337 e. The topological polar surface area (TPSA) is 95.5 Å². The fourth-order valence-electron chi connectivity index (χ4n) is 3.16. The van der Waals surface area contributed by atoms with Crippen molar-refractivity contribution in [2.24, 2.45) is 0 Å². The van der Waals surface area contributed by atoms with Gasteiger partial charge in [-0.2, -0.15) is 0 Å². The van der Waals surface area contributed by atoms with E-state index in [1.165, 1.54) is 18.2 Å². The van der Waals surface area contributed by atoms with Gasteiger partial charge in [-0.15, -0.1) is 0 Å². The third kappa shape index (κ3) is 5.06. The summed E-state index contributed by atoms with van der Waals surface area (Å²) in [6.45, 7) is 3.65. The second kappa shape index (κ2) is 9.11. The molecular formula is C23H24N2O4S. The van der Waals surface area contributed by atoms with Crippen molar-refractivity contribution in [1.29, 1.82) is 0 Å². The molecule has 30 heavy (non-hydrogen) atoms. The Labute approximate surface area is 176 Å². The standard InChI is InChI=1S/C23H24N2O4S/c1-16(18-9-5-3-6-10-18)24-22-14-13-20(15-21(22)23(26)27)30(28,29)25-17(2)19-11-7-4-8-12-19/h3-17,24-25H,1-2H3,(H,26,27)/t16-,17-/m0/s1. The van der Waals surface area contributed by atoms with E-state index < -0.39 is 22.0 Å². The zero-order valence-corrected chi connectivity index (χ0v) is 17.6. The Balaban J connectivity index is 1.86. The number of sulfonamides is 1. The third-order valence-electron chi connectivity index (χ3n) is 4.83. The lowest BCUT2D eigenvalue weighted by molar-refractivity contribution is 0.0697. The predicted octanol–water partition coefficient (Wildman–Crippen LogP) is 4.60. The van der Waals surface area contributed by atoms with Gasteiger partial charge in [0.15, 0.2) is 0 Å². The van der Waals surface area contributed by atoms with E-state index in [0.29, 0.717) is 5.69 Å². The monoisotopic (exact) mass is 424 g/mol. The van der Waals surface area contributed by atoms with Gasteiger partial charge in [-0.25, -0.2) is 17.9 Å². The quantitative estimate of drug-likeness (QED) is 0.491. The third-order valence-corrected chi connectivity index (χ3v) is 6.37. The number of hydrogen-bond acceptors (Lipinski definition) is 4. The van der Waals surface area contributed by atoms with E-state index in [2.05, 4.69) is 10.0 Å². The number of rotatable bonds is 8. The predicted molar refractivity (Wildman–Crippen MR) is 117 cm³/mol. The van der Waals surface area contributed by atoms with Crippen LogP contribution >= 0.6 is 0 Å². The number of carboxylic acid groups (broad SMARTS) is 1. The molecule has 3 aromatic rings. The average Bonchev–Trinajstić information content (AvgIpc) is 2.74. The molecule has 0 bridgehead atoms. The zero-order valence-electron chi connectivity index (χ0n) is 16.7. The van der Waals surface area contributed by atoms with Crippen molar-refractivity contribution >= 4 is 21.7 Å². The summed E-state index contributed by atoms with van der Waals surface area (Å²) in [5.41, 5.74) is 2.06. The molecule has 2 atom stereocenters. The molecule has 7 heteroatoms. The maximum Gasteiger partial charge on any atom is 0.337 e. The Morgan fingerprint density at radius 1 is 0.833 bits per heavy atom. The molecule has 3 N–H and O–H groups in total. The van der Waals surface area contributed by atoms with Gasteiger partial charge in [0.25, 0.3) is 0 Å². The van der Waals surface area contributed by atoms with Crippen molar-refractivity contribution in [2.45, 2.75) is 30.8 Å². The average molecular weight is 425 g/mol. The van der Waals surface area contributed by atoms with E-state index in [4.69, 9.17) is 0 Å². The first-order chi connectivity index (χ1) is 14.3. The van der Waals surface area contributed by atoms with Crippen molar-refractivity contribution in [2.75, 3.05) is 5.32 Å². The second-order valence-electron chi connectivity index (χ2n) is 7.04.